The minimum atomic E-state index is 0.349. The summed E-state index contributed by atoms with van der Waals surface area (Å²) < 4.78 is 0. The first-order valence-corrected chi connectivity index (χ1v) is 10.7. The molecule has 136 valence electrons. The Kier molecular flexibility index (Phi) is 7.23. The molecule has 2 rings (SSSR count). The van der Waals surface area contributed by atoms with Gasteiger partial charge in [-0.05, 0) is 50.4 Å². The van der Waals surface area contributed by atoms with Crippen molar-refractivity contribution in [2.24, 2.45) is 23.2 Å². The van der Waals surface area contributed by atoms with Gasteiger partial charge in [0.15, 0.2) is 0 Å². The Balaban J connectivity index is 2.23. The van der Waals surface area contributed by atoms with Crippen molar-refractivity contribution in [2.75, 3.05) is 6.54 Å². The van der Waals surface area contributed by atoms with Crippen LogP contribution in [-0.4, -0.2) is 30.3 Å². The number of fused-ring (bicyclic) bond motifs is 1. The second-order valence-corrected chi connectivity index (χ2v) is 9.81. The zero-order valence-corrected chi connectivity index (χ0v) is 17.5. The van der Waals surface area contributed by atoms with Gasteiger partial charge in [-0.2, -0.15) is 0 Å². The number of piperidine rings is 1. The molecule has 4 atom stereocenters. The average molecular weight is 347 g/mol. The van der Waals surface area contributed by atoms with Crippen molar-refractivity contribution in [3.63, 3.8) is 0 Å². The normalized spacial score (nSPS) is 36.5. The molecule has 2 fully saturated rings. The van der Waals surface area contributed by atoms with Gasteiger partial charge in [0.25, 0.3) is 0 Å². The van der Waals surface area contributed by atoms with E-state index in [0.29, 0.717) is 29.1 Å². The Labute approximate surface area is 157 Å². The van der Waals surface area contributed by atoms with E-state index in [1.54, 1.807) is 0 Å². The molecule has 3 heteroatoms. The van der Waals surface area contributed by atoms with Gasteiger partial charge in [0.2, 0.25) is 0 Å². The van der Waals surface area contributed by atoms with E-state index >= 15 is 0 Å². The van der Waals surface area contributed by atoms with E-state index in [9.17, 15) is 0 Å². The molecule has 24 heavy (non-hydrogen) atoms. The zero-order valence-electron chi connectivity index (χ0n) is 16.7. The van der Waals surface area contributed by atoms with Crippen LogP contribution in [0.2, 0.25) is 5.82 Å². The van der Waals surface area contributed by atoms with Gasteiger partial charge >= 0.3 is 0 Å². The molecule has 0 spiro atoms. The SMILES string of the molecule is [B]C1CCCCCC2C(=S)N(C(C)C)CCC2CC(C)(C(C)C)C1. The van der Waals surface area contributed by atoms with Crippen molar-refractivity contribution in [3.8, 4) is 0 Å². The highest BCUT2D eigenvalue weighted by Crippen LogP contribution is 2.47. The van der Waals surface area contributed by atoms with Crippen LogP contribution >= 0.6 is 12.2 Å². The molecule has 2 aliphatic rings. The van der Waals surface area contributed by atoms with E-state index in [0.717, 1.165) is 12.5 Å². The van der Waals surface area contributed by atoms with Gasteiger partial charge in [-0.1, -0.05) is 70.9 Å². The molecule has 2 radical (unpaired) electrons. The fourth-order valence-corrected chi connectivity index (χ4v) is 5.56. The summed E-state index contributed by atoms with van der Waals surface area (Å²) in [6.45, 7) is 13.0. The highest BCUT2D eigenvalue weighted by Gasteiger charge is 2.40. The molecule has 0 bridgehead atoms. The first-order valence-electron chi connectivity index (χ1n) is 10.3. The largest absolute Gasteiger partial charge is 0.363 e. The molecule has 0 aromatic rings. The van der Waals surface area contributed by atoms with Crippen molar-refractivity contribution < 1.29 is 0 Å². The van der Waals surface area contributed by atoms with Crippen LogP contribution in [-0.2, 0) is 0 Å². The molecular formula is C21H38BNS. The van der Waals surface area contributed by atoms with Crippen LogP contribution in [0, 0.1) is 23.2 Å². The van der Waals surface area contributed by atoms with E-state index in [1.165, 1.54) is 56.4 Å². The third-order valence-corrected chi connectivity index (χ3v) is 7.51. The minimum Gasteiger partial charge on any atom is -0.363 e. The minimum absolute atomic E-state index is 0.349. The van der Waals surface area contributed by atoms with E-state index in [1.807, 2.05) is 0 Å². The molecule has 0 amide bonds. The third-order valence-electron chi connectivity index (χ3n) is 6.97. The second-order valence-electron chi connectivity index (χ2n) is 9.40. The number of rotatable bonds is 2. The molecule has 1 nitrogen and oxygen atoms in total. The molecule has 1 aliphatic heterocycles. The summed E-state index contributed by atoms with van der Waals surface area (Å²) in [6, 6.07) is 0.543. The summed E-state index contributed by atoms with van der Waals surface area (Å²) in [5, 5.41) is 0. The van der Waals surface area contributed by atoms with Crippen molar-refractivity contribution in [2.45, 2.75) is 97.8 Å². The lowest BCUT2D eigenvalue weighted by Gasteiger charge is -2.47. The lowest BCUT2D eigenvalue weighted by Crippen LogP contribution is -2.48. The van der Waals surface area contributed by atoms with Crippen molar-refractivity contribution in [3.05, 3.63) is 0 Å². The van der Waals surface area contributed by atoms with Gasteiger partial charge in [0.05, 0.1) is 12.8 Å². The lowest BCUT2D eigenvalue weighted by atomic mass is 9.61. The number of hydrogen-bond acceptors (Lipinski definition) is 1. The summed E-state index contributed by atoms with van der Waals surface area (Å²) >= 11 is 5.98. The topological polar surface area (TPSA) is 3.24 Å². The summed E-state index contributed by atoms with van der Waals surface area (Å²) in [6.07, 6.45) is 10.2. The van der Waals surface area contributed by atoms with E-state index in [-0.39, 0.29) is 0 Å². The van der Waals surface area contributed by atoms with E-state index in [2.05, 4.69) is 39.5 Å². The smallest absolute Gasteiger partial charge is 0.0815 e. The van der Waals surface area contributed by atoms with Crippen LogP contribution < -0.4 is 0 Å². The third kappa shape index (κ3) is 4.77. The van der Waals surface area contributed by atoms with Gasteiger partial charge in [0, 0.05) is 18.5 Å². The number of thiocarbonyl (C=S) groups is 1. The molecule has 1 heterocycles. The Morgan fingerprint density at radius 3 is 2.33 bits per heavy atom. The fourth-order valence-electron chi connectivity index (χ4n) is 4.95. The summed E-state index contributed by atoms with van der Waals surface area (Å²) in [4.78, 5) is 3.75. The van der Waals surface area contributed by atoms with Crippen LogP contribution in [0.1, 0.15) is 86.0 Å². The van der Waals surface area contributed by atoms with E-state index in [4.69, 9.17) is 20.1 Å². The lowest BCUT2D eigenvalue weighted by molar-refractivity contribution is 0.106. The predicted molar refractivity (Wildman–Crippen MR) is 111 cm³/mol. The van der Waals surface area contributed by atoms with Gasteiger partial charge in [-0.3, -0.25) is 0 Å². The molecule has 1 aliphatic carbocycles. The maximum absolute atomic E-state index is 6.51. The van der Waals surface area contributed by atoms with Crippen molar-refractivity contribution in [1.82, 2.24) is 4.90 Å². The molecule has 1 saturated heterocycles. The Morgan fingerprint density at radius 2 is 1.71 bits per heavy atom. The van der Waals surface area contributed by atoms with Crippen molar-refractivity contribution >= 4 is 25.1 Å². The Morgan fingerprint density at radius 1 is 1.04 bits per heavy atom. The van der Waals surface area contributed by atoms with Gasteiger partial charge in [-0.25, -0.2) is 0 Å². The highest BCUT2D eigenvalue weighted by atomic mass is 32.1. The number of hydrogen-bond donors (Lipinski definition) is 0. The number of likely N-dealkylation sites (tertiary alicyclic amines) is 1. The monoisotopic (exact) mass is 347 g/mol. The zero-order chi connectivity index (χ0) is 17.9. The number of nitrogens with zero attached hydrogens (tertiary/aromatic N) is 1. The van der Waals surface area contributed by atoms with E-state index < -0.39 is 0 Å². The summed E-state index contributed by atoms with van der Waals surface area (Å²) in [5.74, 6) is 2.42. The highest BCUT2D eigenvalue weighted by molar-refractivity contribution is 7.80. The second kappa shape index (κ2) is 8.56. The Hall–Kier alpha value is -0.0451. The molecule has 0 aromatic heterocycles. The quantitative estimate of drug-likeness (QED) is 0.443. The first kappa shape index (κ1) is 20.3. The Bertz CT molecular complexity index is 422. The molecule has 4 unspecified atom stereocenters. The average Bonchev–Trinajstić information content (AvgIpc) is 2.50. The molecule has 0 aromatic carbocycles. The maximum Gasteiger partial charge on any atom is 0.0815 e. The fraction of sp³-hybridized carbons (Fsp3) is 0.952. The summed E-state index contributed by atoms with van der Waals surface area (Å²) in [7, 11) is 6.51. The van der Waals surface area contributed by atoms with Gasteiger partial charge in [0.1, 0.15) is 0 Å². The van der Waals surface area contributed by atoms with Gasteiger partial charge in [-0.15, -0.1) is 0 Å². The predicted octanol–water partition coefficient (Wildman–Crippen LogP) is 6.02. The standard InChI is InChI=1S/C21H38BNS/c1-15(2)21(5)13-17-11-12-23(16(3)4)20(24)19(17)10-8-6-7-9-18(22)14-21/h15-19H,6-14H2,1-5H3. The molecular weight excluding hydrogens is 309 g/mol. The van der Waals surface area contributed by atoms with Crippen molar-refractivity contribution in [1.29, 1.82) is 0 Å². The van der Waals surface area contributed by atoms with Crippen LogP contribution in [0.4, 0.5) is 0 Å². The summed E-state index contributed by atoms with van der Waals surface area (Å²) in [5.41, 5.74) is 0.349. The maximum atomic E-state index is 6.51. The van der Waals surface area contributed by atoms with Gasteiger partial charge < -0.3 is 4.90 Å². The van der Waals surface area contributed by atoms with Crippen LogP contribution in [0.3, 0.4) is 0 Å². The molecule has 1 saturated carbocycles. The van der Waals surface area contributed by atoms with Crippen LogP contribution in [0.5, 0.6) is 0 Å². The van der Waals surface area contributed by atoms with Crippen LogP contribution in [0.15, 0.2) is 0 Å². The first-order chi connectivity index (χ1) is 11.2. The molecule has 0 N–H and O–H groups in total. The van der Waals surface area contributed by atoms with Crippen LogP contribution in [0.25, 0.3) is 0 Å².